The van der Waals surface area contributed by atoms with Crippen LogP contribution in [0.15, 0.2) is 36.9 Å². The summed E-state index contributed by atoms with van der Waals surface area (Å²) >= 11 is 0. The number of rotatable bonds is 7. The van der Waals surface area contributed by atoms with E-state index in [9.17, 15) is 4.79 Å². The highest BCUT2D eigenvalue weighted by Crippen LogP contribution is 2.16. The summed E-state index contributed by atoms with van der Waals surface area (Å²) in [6.45, 7) is 6.19. The van der Waals surface area contributed by atoms with Crippen molar-refractivity contribution in [3.63, 3.8) is 0 Å². The van der Waals surface area contributed by atoms with E-state index in [-0.39, 0.29) is 11.9 Å². The smallest absolute Gasteiger partial charge is 0.242 e. The van der Waals surface area contributed by atoms with Crippen LogP contribution in [0.4, 0.5) is 5.69 Å². The molecule has 0 radical (unpaired) electrons. The van der Waals surface area contributed by atoms with Gasteiger partial charge in [-0.15, -0.1) is 6.58 Å². The predicted octanol–water partition coefficient (Wildman–Crippen LogP) is 2.19. The van der Waals surface area contributed by atoms with E-state index < -0.39 is 0 Å². The van der Waals surface area contributed by atoms with Crippen LogP contribution in [0.1, 0.15) is 13.3 Å². The number of nitrogens with one attached hydrogen (secondary N) is 2. The van der Waals surface area contributed by atoms with Gasteiger partial charge >= 0.3 is 0 Å². The number of anilines is 1. The third-order valence-corrected chi connectivity index (χ3v) is 2.50. The number of ether oxygens (including phenoxy) is 1. The Labute approximate surface area is 108 Å². The fourth-order valence-electron chi connectivity index (χ4n) is 1.58. The molecule has 1 amide bonds. The number of carbonyl (C=O) groups is 1. The topological polar surface area (TPSA) is 50.4 Å². The minimum absolute atomic E-state index is 0.0202. The first-order valence-electron chi connectivity index (χ1n) is 6.00. The van der Waals surface area contributed by atoms with Crippen molar-refractivity contribution in [1.82, 2.24) is 5.32 Å². The molecule has 1 rings (SSSR count). The van der Waals surface area contributed by atoms with Gasteiger partial charge in [-0.3, -0.25) is 4.79 Å². The van der Waals surface area contributed by atoms with Crippen molar-refractivity contribution in [1.29, 1.82) is 0 Å². The number of benzene rings is 1. The summed E-state index contributed by atoms with van der Waals surface area (Å²) in [5.41, 5.74) is 0.883. The van der Waals surface area contributed by atoms with Crippen molar-refractivity contribution in [2.75, 3.05) is 19.0 Å². The molecule has 0 aliphatic carbocycles. The zero-order valence-corrected chi connectivity index (χ0v) is 10.9. The average Bonchev–Trinajstić information content (AvgIpc) is 2.39. The minimum atomic E-state index is -0.296. The van der Waals surface area contributed by atoms with Gasteiger partial charge in [0.15, 0.2) is 0 Å². The molecule has 4 nitrogen and oxygen atoms in total. The summed E-state index contributed by atoms with van der Waals surface area (Å²) < 4.78 is 5.08. The molecule has 0 saturated carbocycles. The normalized spacial score (nSPS) is 11.4. The van der Waals surface area contributed by atoms with Crippen LogP contribution < -0.4 is 15.4 Å². The molecule has 0 aliphatic rings. The number of carbonyl (C=O) groups excluding carboxylic acids is 1. The highest BCUT2D eigenvalue weighted by atomic mass is 16.5. The highest BCUT2D eigenvalue weighted by molar-refractivity contribution is 5.84. The van der Waals surface area contributed by atoms with Gasteiger partial charge in [0, 0.05) is 12.2 Å². The van der Waals surface area contributed by atoms with Gasteiger partial charge in [-0.25, -0.2) is 0 Å². The summed E-state index contributed by atoms with van der Waals surface area (Å²) in [5, 5.41) is 5.98. The Balaban J connectivity index is 2.69. The lowest BCUT2D eigenvalue weighted by Crippen LogP contribution is -2.39. The molecular weight excluding hydrogens is 228 g/mol. The van der Waals surface area contributed by atoms with Crippen LogP contribution in [0.3, 0.4) is 0 Å². The SMILES string of the molecule is C=CCC(Nc1ccc(OC)cc1)C(=O)NCC. The number of hydrogen-bond donors (Lipinski definition) is 2. The summed E-state index contributed by atoms with van der Waals surface area (Å²) in [4.78, 5) is 11.8. The molecule has 0 heterocycles. The zero-order chi connectivity index (χ0) is 13.4. The molecule has 1 aromatic rings. The Morgan fingerprint density at radius 3 is 2.61 bits per heavy atom. The van der Waals surface area contributed by atoms with E-state index in [0.717, 1.165) is 11.4 Å². The highest BCUT2D eigenvalue weighted by Gasteiger charge is 2.15. The van der Waals surface area contributed by atoms with Crippen molar-refractivity contribution in [3.05, 3.63) is 36.9 Å². The fourth-order valence-corrected chi connectivity index (χ4v) is 1.58. The third kappa shape index (κ3) is 4.13. The maximum absolute atomic E-state index is 11.8. The van der Waals surface area contributed by atoms with E-state index in [1.807, 2.05) is 31.2 Å². The van der Waals surface area contributed by atoms with Gasteiger partial charge in [0.05, 0.1) is 7.11 Å². The molecule has 1 unspecified atom stereocenters. The monoisotopic (exact) mass is 248 g/mol. The molecule has 0 spiro atoms. The van der Waals surface area contributed by atoms with Crippen molar-refractivity contribution >= 4 is 11.6 Å². The lowest BCUT2D eigenvalue weighted by molar-refractivity contribution is -0.121. The van der Waals surface area contributed by atoms with Crippen molar-refractivity contribution in [2.24, 2.45) is 0 Å². The van der Waals surface area contributed by atoms with Crippen molar-refractivity contribution in [3.8, 4) is 5.75 Å². The van der Waals surface area contributed by atoms with E-state index in [4.69, 9.17) is 4.74 Å². The van der Waals surface area contributed by atoms with E-state index >= 15 is 0 Å². The van der Waals surface area contributed by atoms with E-state index in [1.165, 1.54) is 0 Å². The van der Waals surface area contributed by atoms with Crippen LogP contribution in [-0.4, -0.2) is 25.6 Å². The predicted molar refractivity (Wildman–Crippen MR) is 73.9 cm³/mol. The minimum Gasteiger partial charge on any atom is -0.497 e. The zero-order valence-electron chi connectivity index (χ0n) is 10.9. The summed E-state index contributed by atoms with van der Waals surface area (Å²) in [6, 6.07) is 7.18. The van der Waals surface area contributed by atoms with Gasteiger partial charge in [-0.05, 0) is 37.6 Å². The van der Waals surface area contributed by atoms with E-state index in [0.29, 0.717) is 13.0 Å². The number of amides is 1. The Morgan fingerprint density at radius 2 is 2.11 bits per heavy atom. The molecule has 0 bridgehead atoms. The van der Waals surface area contributed by atoms with Crippen LogP contribution >= 0.6 is 0 Å². The largest absolute Gasteiger partial charge is 0.497 e. The van der Waals surface area contributed by atoms with Gasteiger partial charge in [-0.2, -0.15) is 0 Å². The summed E-state index contributed by atoms with van der Waals surface area (Å²) in [6.07, 6.45) is 2.31. The molecule has 1 atom stereocenters. The van der Waals surface area contributed by atoms with Crippen LogP contribution in [0, 0.1) is 0 Å². The molecule has 0 aliphatic heterocycles. The Morgan fingerprint density at radius 1 is 1.44 bits per heavy atom. The van der Waals surface area contributed by atoms with E-state index in [2.05, 4.69) is 17.2 Å². The molecule has 4 heteroatoms. The molecule has 1 aromatic carbocycles. The lowest BCUT2D eigenvalue weighted by Gasteiger charge is -2.17. The van der Waals surface area contributed by atoms with Gasteiger partial charge in [0.1, 0.15) is 11.8 Å². The molecule has 0 aromatic heterocycles. The number of hydrogen-bond acceptors (Lipinski definition) is 3. The maximum atomic E-state index is 11.8. The Bertz CT molecular complexity index is 387. The average molecular weight is 248 g/mol. The second kappa shape index (κ2) is 7.37. The first-order chi connectivity index (χ1) is 8.71. The van der Waals surface area contributed by atoms with E-state index in [1.54, 1.807) is 13.2 Å². The Hall–Kier alpha value is -1.97. The molecule has 2 N–H and O–H groups in total. The number of methoxy groups -OCH3 is 1. The first kappa shape index (κ1) is 14.1. The molecule has 0 saturated heterocycles. The Kier molecular flexibility index (Phi) is 5.77. The first-order valence-corrected chi connectivity index (χ1v) is 6.00. The molecule has 18 heavy (non-hydrogen) atoms. The second-order valence-electron chi connectivity index (χ2n) is 3.84. The van der Waals surface area contributed by atoms with Gasteiger partial charge < -0.3 is 15.4 Å². The lowest BCUT2D eigenvalue weighted by atomic mass is 10.1. The summed E-state index contributed by atoms with van der Waals surface area (Å²) in [5.74, 6) is 0.770. The fraction of sp³-hybridized carbons (Fsp3) is 0.357. The number of likely N-dealkylation sites (N-methyl/N-ethyl adjacent to an activating group) is 1. The quantitative estimate of drug-likeness (QED) is 0.727. The standard InChI is InChI=1S/C14H20N2O2/c1-4-6-13(14(17)15-5-2)16-11-7-9-12(18-3)10-8-11/h4,7-10,13,16H,1,5-6H2,2-3H3,(H,15,17). The van der Waals surface area contributed by atoms with Crippen molar-refractivity contribution < 1.29 is 9.53 Å². The van der Waals surface area contributed by atoms with Gasteiger partial charge in [0.2, 0.25) is 5.91 Å². The molecule has 0 fully saturated rings. The van der Waals surface area contributed by atoms with Crippen LogP contribution in [0.25, 0.3) is 0 Å². The van der Waals surface area contributed by atoms with Crippen LogP contribution in [0.5, 0.6) is 5.75 Å². The maximum Gasteiger partial charge on any atom is 0.242 e. The third-order valence-electron chi connectivity index (χ3n) is 2.50. The van der Waals surface area contributed by atoms with Gasteiger partial charge in [0.25, 0.3) is 0 Å². The van der Waals surface area contributed by atoms with Crippen LogP contribution in [0.2, 0.25) is 0 Å². The van der Waals surface area contributed by atoms with Gasteiger partial charge in [-0.1, -0.05) is 6.08 Å². The van der Waals surface area contributed by atoms with Crippen molar-refractivity contribution in [2.45, 2.75) is 19.4 Å². The molecule has 98 valence electrons. The van der Waals surface area contributed by atoms with Crippen LogP contribution in [-0.2, 0) is 4.79 Å². The second-order valence-corrected chi connectivity index (χ2v) is 3.84. The molecular formula is C14H20N2O2. The summed E-state index contributed by atoms with van der Waals surface area (Å²) in [7, 11) is 1.62.